The SMILES string of the molecule is CN(C)c1ccc(NC(=O)c2ccnc(C(=O)N3CCCCC3)c2)cc1. The van der Waals surface area contributed by atoms with E-state index in [9.17, 15) is 9.59 Å². The van der Waals surface area contributed by atoms with Gasteiger partial charge in [0.2, 0.25) is 0 Å². The van der Waals surface area contributed by atoms with E-state index >= 15 is 0 Å². The predicted molar refractivity (Wildman–Crippen MR) is 103 cm³/mol. The lowest BCUT2D eigenvalue weighted by Crippen LogP contribution is -2.36. The van der Waals surface area contributed by atoms with Gasteiger partial charge in [-0.3, -0.25) is 14.6 Å². The van der Waals surface area contributed by atoms with Crippen LogP contribution in [0.2, 0.25) is 0 Å². The summed E-state index contributed by atoms with van der Waals surface area (Å²) in [5, 5.41) is 2.86. The Morgan fingerprint density at radius 2 is 1.73 bits per heavy atom. The van der Waals surface area contributed by atoms with Gasteiger partial charge in [0.05, 0.1) is 0 Å². The van der Waals surface area contributed by atoms with Crippen LogP contribution in [0.15, 0.2) is 42.6 Å². The smallest absolute Gasteiger partial charge is 0.272 e. The Kier molecular flexibility index (Phi) is 5.51. The number of nitrogens with zero attached hydrogens (tertiary/aromatic N) is 3. The van der Waals surface area contributed by atoms with Gasteiger partial charge in [0.1, 0.15) is 5.69 Å². The molecule has 1 N–H and O–H groups in total. The number of pyridine rings is 1. The number of anilines is 2. The van der Waals surface area contributed by atoms with Gasteiger partial charge < -0.3 is 15.1 Å². The number of carbonyl (C=O) groups is 2. The largest absolute Gasteiger partial charge is 0.378 e. The normalized spacial score (nSPS) is 14.0. The molecule has 1 fully saturated rings. The van der Waals surface area contributed by atoms with E-state index in [1.807, 2.05) is 48.2 Å². The predicted octanol–water partition coefficient (Wildman–Crippen LogP) is 3.03. The van der Waals surface area contributed by atoms with Crippen LogP contribution < -0.4 is 10.2 Å². The van der Waals surface area contributed by atoms with Gasteiger partial charge >= 0.3 is 0 Å². The maximum absolute atomic E-state index is 12.6. The molecule has 26 heavy (non-hydrogen) atoms. The minimum atomic E-state index is -0.252. The number of benzene rings is 1. The molecule has 1 saturated heterocycles. The summed E-state index contributed by atoms with van der Waals surface area (Å²) in [5.41, 5.74) is 2.52. The monoisotopic (exact) mass is 352 g/mol. The zero-order chi connectivity index (χ0) is 18.5. The molecule has 0 unspecified atom stereocenters. The lowest BCUT2D eigenvalue weighted by atomic mass is 10.1. The van der Waals surface area contributed by atoms with Crippen molar-refractivity contribution in [1.29, 1.82) is 0 Å². The molecule has 1 aromatic heterocycles. The second kappa shape index (κ2) is 7.99. The number of piperidine rings is 1. The molecular formula is C20H24N4O2. The van der Waals surface area contributed by atoms with Crippen molar-refractivity contribution in [2.75, 3.05) is 37.4 Å². The highest BCUT2D eigenvalue weighted by Crippen LogP contribution is 2.17. The fraction of sp³-hybridized carbons (Fsp3) is 0.350. The molecule has 0 radical (unpaired) electrons. The number of carbonyl (C=O) groups excluding carboxylic acids is 2. The number of hydrogen-bond acceptors (Lipinski definition) is 4. The molecule has 3 rings (SSSR count). The highest BCUT2D eigenvalue weighted by Gasteiger charge is 2.20. The van der Waals surface area contributed by atoms with Crippen molar-refractivity contribution in [3.05, 3.63) is 53.9 Å². The molecule has 0 aliphatic carbocycles. The Balaban J connectivity index is 1.70. The molecule has 0 saturated carbocycles. The fourth-order valence-corrected chi connectivity index (χ4v) is 2.99. The first kappa shape index (κ1) is 17.9. The Hall–Kier alpha value is -2.89. The van der Waals surface area contributed by atoms with Crippen molar-refractivity contribution < 1.29 is 9.59 Å². The maximum atomic E-state index is 12.6. The summed E-state index contributed by atoms with van der Waals surface area (Å²) < 4.78 is 0. The fourth-order valence-electron chi connectivity index (χ4n) is 2.99. The highest BCUT2D eigenvalue weighted by atomic mass is 16.2. The summed E-state index contributed by atoms with van der Waals surface area (Å²) in [6, 6.07) is 10.8. The van der Waals surface area contributed by atoms with Gasteiger partial charge in [-0.25, -0.2) is 0 Å². The molecule has 0 atom stereocenters. The Morgan fingerprint density at radius 3 is 2.38 bits per heavy atom. The second-order valence-corrected chi connectivity index (χ2v) is 6.68. The standard InChI is InChI=1S/C20H24N4O2/c1-23(2)17-8-6-16(7-9-17)22-19(25)15-10-11-21-18(14-15)20(26)24-12-4-3-5-13-24/h6-11,14H,3-5,12-13H2,1-2H3,(H,22,25). The summed E-state index contributed by atoms with van der Waals surface area (Å²) in [7, 11) is 3.93. The highest BCUT2D eigenvalue weighted by molar-refractivity contribution is 6.05. The van der Waals surface area contributed by atoms with Crippen LogP contribution in [0.1, 0.15) is 40.1 Å². The minimum Gasteiger partial charge on any atom is -0.378 e. The number of amides is 2. The molecule has 1 aliphatic heterocycles. The molecule has 2 aromatic rings. The third kappa shape index (κ3) is 4.20. The third-order valence-electron chi connectivity index (χ3n) is 4.53. The van der Waals surface area contributed by atoms with Crippen LogP contribution in [0.4, 0.5) is 11.4 Å². The van der Waals surface area contributed by atoms with Crippen molar-refractivity contribution in [2.24, 2.45) is 0 Å². The molecule has 6 heteroatoms. The number of hydrogen-bond donors (Lipinski definition) is 1. The van der Waals surface area contributed by atoms with Gasteiger partial charge in [-0.05, 0) is 55.7 Å². The minimum absolute atomic E-state index is 0.102. The van der Waals surface area contributed by atoms with Gasteiger partial charge in [0.15, 0.2) is 0 Å². The van der Waals surface area contributed by atoms with Crippen LogP contribution in [0.25, 0.3) is 0 Å². The van der Waals surface area contributed by atoms with Crippen molar-refractivity contribution >= 4 is 23.2 Å². The van der Waals surface area contributed by atoms with Gasteiger partial charge in [-0.2, -0.15) is 0 Å². The third-order valence-corrected chi connectivity index (χ3v) is 4.53. The molecular weight excluding hydrogens is 328 g/mol. The zero-order valence-corrected chi connectivity index (χ0v) is 15.2. The van der Waals surface area contributed by atoms with E-state index in [0.717, 1.165) is 38.0 Å². The average Bonchev–Trinajstić information content (AvgIpc) is 2.68. The average molecular weight is 352 g/mol. The summed E-state index contributed by atoms with van der Waals surface area (Å²) in [6.45, 7) is 1.52. The first-order valence-corrected chi connectivity index (χ1v) is 8.88. The molecule has 2 heterocycles. The van der Waals surface area contributed by atoms with Crippen molar-refractivity contribution in [3.63, 3.8) is 0 Å². The van der Waals surface area contributed by atoms with Crippen molar-refractivity contribution in [3.8, 4) is 0 Å². The van der Waals surface area contributed by atoms with E-state index in [4.69, 9.17) is 0 Å². The van der Waals surface area contributed by atoms with Crippen LogP contribution in [0, 0.1) is 0 Å². The second-order valence-electron chi connectivity index (χ2n) is 6.68. The summed E-state index contributed by atoms with van der Waals surface area (Å²) in [6.07, 6.45) is 4.72. The van der Waals surface area contributed by atoms with E-state index in [1.54, 1.807) is 12.1 Å². The van der Waals surface area contributed by atoms with Gasteiger partial charge in [0.25, 0.3) is 11.8 Å². The summed E-state index contributed by atoms with van der Waals surface area (Å²) in [5.74, 6) is -0.354. The first-order valence-electron chi connectivity index (χ1n) is 8.88. The zero-order valence-electron chi connectivity index (χ0n) is 15.2. The number of aromatic nitrogens is 1. The number of rotatable bonds is 4. The molecule has 0 bridgehead atoms. The molecule has 6 nitrogen and oxygen atoms in total. The number of nitrogens with one attached hydrogen (secondary N) is 1. The lowest BCUT2D eigenvalue weighted by Gasteiger charge is -2.26. The van der Waals surface area contributed by atoms with Crippen molar-refractivity contribution in [2.45, 2.75) is 19.3 Å². The molecule has 0 spiro atoms. The van der Waals surface area contributed by atoms with Crippen LogP contribution >= 0.6 is 0 Å². The van der Waals surface area contributed by atoms with Crippen LogP contribution in [0.5, 0.6) is 0 Å². The van der Waals surface area contributed by atoms with E-state index in [2.05, 4.69) is 10.3 Å². The Labute approximate surface area is 153 Å². The number of likely N-dealkylation sites (tertiary alicyclic amines) is 1. The van der Waals surface area contributed by atoms with Gasteiger partial charge in [-0.1, -0.05) is 0 Å². The van der Waals surface area contributed by atoms with Crippen LogP contribution in [0.3, 0.4) is 0 Å². The molecule has 1 aromatic carbocycles. The molecule has 136 valence electrons. The Bertz CT molecular complexity index is 781. The quantitative estimate of drug-likeness (QED) is 0.919. The molecule has 2 amide bonds. The molecule has 1 aliphatic rings. The van der Waals surface area contributed by atoms with E-state index in [0.29, 0.717) is 16.9 Å². The van der Waals surface area contributed by atoms with Crippen molar-refractivity contribution in [1.82, 2.24) is 9.88 Å². The van der Waals surface area contributed by atoms with Crippen LogP contribution in [-0.2, 0) is 0 Å². The summed E-state index contributed by atoms with van der Waals surface area (Å²) >= 11 is 0. The summed E-state index contributed by atoms with van der Waals surface area (Å²) in [4.78, 5) is 33.0. The first-order chi connectivity index (χ1) is 12.5. The van der Waals surface area contributed by atoms with E-state index in [1.165, 1.54) is 6.20 Å². The lowest BCUT2D eigenvalue weighted by molar-refractivity contribution is 0.0718. The van der Waals surface area contributed by atoms with Gasteiger partial charge in [0, 0.05) is 50.3 Å². The Morgan fingerprint density at radius 1 is 1.04 bits per heavy atom. The topological polar surface area (TPSA) is 65.5 Å². The van der Waals surface area contributed by atoms with Gasteiger partial charge in [-0.15, -0.1) is 0 Å². The van der Waals surface area contributed by atoms with Crippen LogP contribution in [-0.4, -0.2) is 48.9 Å². The van der Waals surface area contributed by atoms with E-state index in [-0.39, 0.29) is 11.8 Å². The maximum Gasteiger partial charge on any atom is 0.272 e. The van der Waals surface area contributed by atoms with E-state index < -0.39 is 0 Å².